The van der Waals surface area contributed by atoms with Gasteiger partial charge in [0.05, 0.1) is 22.7 Å². The molecule has 0 saturated heterocycles. The summed E-state index contributed by atoms with van der Waals surface area (Å²) < 4.78 is 40.0. The standard InChI is InChI=1S/C23H21ClF3N3O3S.BrH/c1-2-3-8-19-20(17(13-30(32)33)14-9-11-15(24)12-10-14)34-22(28-19)29-21(31)16-6-4-5-7-18(16)23(25,26)27;/h4-7,9-12,17H,2-3,8,13H2,1H3,(H,28,29,31);1H. The van der Waals surface area contributed by atoms with E-state index in [0.717, 1.165) is 36.3 Å². The number of nitrogens with one attached hydrogen (secondary N) is 1. The smallest absolute Gasteiger partial charge is 0.298 e. The van der Waals surface area contributed by atoms with Gasteiger partial charge in [0.25, 0.3) is 5.91 Å². The van der Waals surface area contributed by atoms with Crippen LogP contribution in [0.4, 0.5) is 18.3 Å². The van der Waals surface area contributed by atoms with Gasteiger partial charge in [-0.05, 0) is 42.7 Å². The molecule has 1 heterocycles. The Labute approximate surface area is 219 Å². The highest BCUT2D eigenvalue weighted by Crippen LogP contribution is 2.37. The molecule has 0 spiro atoms. The number of aromatic nitrogens is 1. The number of nitro groups is 1. The lowest BCUT2D eigenvalue weighted by Crippen LogP contribution is -2.18. The van der Waals surface area contributed by atoms with Crippen LogP contribution in [-0.4, -0.2) is 22.4 Å². The normalized spacial score (nSPS) is 12.0. The summed E-state index contributed by atoms with van der Waals surface area (Å²) in [5.41, 5.74) is -0.347. The van der Waals surface area contributed by atoms with Crippen molar-refractivity contribution >= 4 is 51.0 Å². The van der Waals surface area contributed by atoms with Gasteiger partial charge in [-0.2, -0.15) is 13.2 Å². The van der Waals surface area contributed by atoms with Gasteiger partial charge in [-0.1, -0.05) is 49.2 Å². The third kappa shape index (κ3) is 7.49. The summed E-state index contributed by atoms with van der Waals surface area (Å²) >= 11 is 6.99. The summed E-state index contributed by atoms with van der Waals surface area (Å²) in [6.07, 6.45) is -2.58. The number of aryl methyl sites for hydroxylation is 1. The predicted octanol–water partition coefficient (Wildman–Crippen LogP) is 7.40. The third-order valence-corrected chi connectivity index (χ3v) is 6.49. The number of hydrogen-bond donors (Lipinski definition) is 1. The van der Waals surface area contributed by atoms with Gasteiger partial charge in [-0.15, -0.1) is 28.3 Å². The monoisotopic (exact) mass is 591 g/mol. The van der Waals surface area contributed by atoms with E-state index in [2.05, 4.69) is 10.3 Å². The van der Waals surface area contributed by atoms with Gasteiger partial charge in [0.15, 0.2) is 5.13 Å². The minimum absolute atomic E-state index is 0. The van der Waals surface area contributed by atoms with E-state index in [1.807, 2.05) is 6.92 Å². The molecule has 35 heavy (non-hydrogen) atoms. The van der Waals surface area contributed by atoms with Gasteiger partial charge in [0.1, 0.15) is 0 Å². The first kappa shape index (κ1) is 28.7. The van der Waals surface area contributed by atoms with Crippen molar-refractivity contribution in [2.24, 2.45) is 0 Å². The first-order valence-corrected chi connectivity index (χ1v) is 11.6. The molecule has 6 nitrogen and oxygen atoms in total. The molecule has 0 fully saturated rings. The van der Waals surface area contributed by atoms with Crippen molar-refractivity contribution in [3.05, 3.63) is 90.9 Å². The van der Waals surface area contributed by atoms with Crippen molar-refractivity contribution in [1.82, 2.24) is 4.98 Å². The lowest BCUT2D eigenvalue weighted by atomic mass is 9.95. The Morgan fingerprint density at radius 1 is 1.20 bits per heavy atom. The van der Waals surface area contributed by atoms with Crippen molar-refractivity contribution in [2.45, 2.75) is 38.3 Å². The zero-order chi connectivity index (χ0) is 24.9. The first-order chi connectivity index (χ1) is 16.1. The number of thiazole rings is 1. The molecular weight excluding hydrogens is 571 g/mol. The van der Waals surface area contributed by atoms with E-state index >= 15 is 0 Å². The molecule has 0 bridgehead atoms. The molecular formula is C23H22BrClF3N3O3S. The fourth-order valence-corrected chi connectivity index (χ4v) is 4.74. The molecule has 0 saturated carbocycles. The van der Waals surface area contributed by atoms with Crippen molar-refractivity contribution in [2.75, 3.05) is 11.9 Å². The zero-order valence-electron chi connectivity index (χ0n) is 18.5. The van der Waals surface area contributed by atoms with Crippen LogP contribution in [0.2, 0.25) is 5.02 Å². The highest BCUT2D eigenvalue weighted by molar-refractivity contribution is 8.93. The van der Waals surface area contributed by atoms with Crippen LogP contribution in [0.25, 0.3) is 0 Å². The van der Waals surface area contributed by atoms with E-state index in [1.165, 1.54) is 12.1 Å². The van der Waals surface area contributed by atoms with Crippen LogP contribution in [0.1, 0.15) is 57.7 Å². The summed E-state index contributed by atoms with van der Waals surface area (Å²) in [4.78, 5) is 28.7. The van der Waals surface area contributed by atoms with Crippen LogP contribution in [-0.2, 0) is 12.6 Å². The van der Waals surface area contributed by atoms with Crippen LogP contribution in [0.5, 0.6) is 0 Å². The lowest BCUT2D eigenvalue weighted by molar-refractivity contribution is -0.481. The fourth-order valence-electron chi connectivity index (χ4n) is 3.49. The summed E-state index contributed by atoms with van der Waals surface area (Å²) in [5.74, 6) is -1.60. The lowest BCUT2D eigenvalue weighted by Gasteiger charge is -2.13. The van der Waals surface area contributed by atoms with Crippen molar-refractivity contribution < 1.29 is 22.9 Å². The number of alkyl halides is 3. The van der Waals surface area contributed by atoms with E-state index in [0.29, 0.717) is 27.6 Å². The molecule has 1 aromatic heterocycles. The maximum Gasteiger partial charge on any atom is 0.417 e. The second kappa shape index (κ2) is 12.5. The van der Waals surface area contributed by atoms with Crippen LogP contribution < -0.4 is 5.32 Å². The van der Waals surface area contributed by atoms with Crippen LogP contribution in [0.15, 0.2) is 48.5 Å². The summed E-state index contributed by atoms with van der Waals surface area (Å²) in [7, 11) is 0. The van der Waals surface area contributed by atoms with Gasteiger partial charge in [0, 0.05) is 14.8 Å². The third-order valence-electron chi connectivity index (χ3n) is 5.11. The number of unbranched alkanes of at least 4 members (excludes halogenated alkanes) is 1. The Bertz CT molecular complexity index is 1170. The summed E-state index contributed by atoms with van der Waals surface area (Å²) in [6, 6.07) is 11.1. The molecule has 3 rings (SSSR count). The molecule has 2 aromatic carbocycles. The predicted molar refractivity (Wildman–Crippen MR) is 136 cm³/mol. The maximum atomic E-state index is 13.3. The van der Waals surface area contributed by atoms with Crippen molar-refractivity contribution in [3.63, 3.8) is 0 Å². The Morgan fingerprint density at radius 2 is 1.86 bits per heavy atom. The Kier molecular flexibility index (Phi) is 10.2. The molecule has 0 radical (unpaired) electrons. The number of rotatable bonds is 9. The minimum Gasteiger partial charge on any atom is -0.298 e. The zero-order valence-corrected chi connectivity index (χ0v) is 21.8. The van der Waals surface area contributed by atoms with Gasteiger partial charge in [-0.3, -0.25) is 20.2 Å². The Morgan fingerprint density at radius 3 is 2.46 bits per heavy atom. The maximum absolute atomic E-state index is 13.3. The van der Waals surface area contributed by atoms with Crippen LogP contribution in [0, 0.1) is 10.1 Å². The van der Waals surface area contributed by atoms with Crippen LogP contribution in [0.3, 0.4) is 0 Å². The van der Waals surface area contributed by atoms with Crippen molar-refractivity contribution in [1.29, 1.82) is 0 Å². The summed E-state index contributed by atoms with van der Waals surface area (Å²) in [6.45, 7) is 1.57. The van der Waals surface area contributed by atoms with Crippen molar-refractivity contribution in [3.8, 4) is 0 Å². The minimum atomic E-state index is -4.69. The van der Waals surface area contributed by atoms with Crippen LogP contribution >= 0.6 is 39.9 Å². The molecule has 12 heteroatoms. The fraction of sp³-hybridized carbons (Fsp3) is 0.304. The van der Waals surface area contributed by atoms with E-state index in [-0.39, 0.29) is 22.1 Å². The average Bonchev–Trinajstić information content (AvgIpc) is 3.18. The van der Waals surface area contributed by atoms with E-state index in [9.17, 15) is 28.1 Å². The topological polar surface area (TPSA) is 85.1 Å². The first-order valence-electron chi connectivity index (χ1n) is 10.4. The molecule has 1 atom stereocenters. The molecule has 0 aliphatic heterocycles. The molecule has 1 amide bonds. The molecule has 188 valence electrons. The molecule has 0 aliphatic rings. The number of nitrogens with zero attached hydrogens (tertiary/aromatic N) is 2. The van der Waals surface area contributed by atoms with Gasteiger partial charge in [-0.25, -0.2) is 4.98 Å². The SMILES string of the molecule is Br.CCCCc1nc(NC(=O)c2ccccc2C(F)(F)F)sc1C(C[N+](=O)[O-])c1ccc(Cl)cc1. The van der Waals surface area contributed by atoms with Gasteiger partial charge >= 0.3 is 6.18 Å². The second-order valence-corrected chi connectivity index (χ2v) is 9.02. The van der Waals surface area contributed by atoms with E-state index in [4.69, 9.17) is 11.6 Å². The summed E-state index contributed by atoms with van der Waals surface area (Å²) in [5, 5.41) is 14.5. The van der Waals surface area contributed by atoms with Gasteiger partial charge in [0.2, 0.25) is 6.54 Å². The quantitative estimate of drug-likeness (QED) is 0.207. The number of halogens is 5. The number of carbonyl (C=O) groups is 1. The molecule has 1 N–H and O–H groups in total. The Hall–Kier alpha value is -2.50. The number of anilines is 1. The highest BCUT2D eigenvalue weighted by Gasteiger charge is 2.35. The Balaban J connectivity index is 0.00000432. The molecule has 0 aliphatic carbocycles. The number of benzene rings is 2. The van der Waals surface area contributed by atoms with E-state index < -0.39 is 40.6 Å². The number of carbonyl (C=O) groups excluding carboxylic acids is 1. The average molecular weight is 593 g/mol. The van der Waals surface area contributed by atoms with Gasteiger partial charge < -0.3 is 0 Å². The highest BCUT2D eigenvalue weighted by atomic mass is 79.9. The molecule has 3 aromatic rings. The number of amides is 1. The second-order valence-electron chi connectivity index (χ2n) is 7.55. The molecule has 1 unspecified atom stereocenters. The number of hydrogen-bond acceptors (Lipinski definition) is 5. The largest absolute Gasteiger partial charge is 0.417 e. The van der Waals surface area contributed by atoms with E-state index in [1.54, 1.807) is 24.3 Å².